The van der Waals surface area contributed by atoms with Crippen molar-refractivity contribution in [3.8, 4) is 28.4 Å². The van der Waals surface area contributed by atoms with Crippen molar-refractivity contribution in [1.82, 2.24) is 10.6 Å². The molecule has 2 amide bonds. The average molecular weight is 616 g/mol. The van der Waals surface area contributed by atoms with Gasteiger partial charge in [-0.3, -0.25) is 14.4 Å². The van der Waals surface area contributed by atoms with E-state index in [9.17, 15) is 22.8 Å². The summed E-state index contributed by atoms with van der Waals surface area (Å²) in [6.07, 6.45) is 2.10. The van der Waals surface area contributed by atoms with E-state index in [4.69, 9.17) is 14.2 Å². The Morgan fingerprint density at radius 1 is 1.02 bits per heavy atom. The van der Waals surface area contributed by atoms with Gasteiger partial charge in [0.25, 0.3) is 0 Å². The molecule has 3 N–H and O–H groups in total. The van der Waals surface area contributed by atoms with Crippen LogP contribution >= 0.6 is 0 Å². The number of fused-ring (bicyclic) bond motifs is 3. The Kier molecular flexibility index (Phi) is 9.89. The third kappa shape index (κ3) is 6.90. The highest BCUT2D eigenvalue weighted by Crippen LogP contribution is 2.50. The number of ether oxygens (including phenoxy) is 3. The zero-order chi connectivity index (χ0) is 31.5. The molecular weight excluding hydrogens is 574 g/mol. The number of sulfone groups is 1. The van der Waals surface area contributed by atoms with Crippen LogP contribution in [0, 0.1) is 5.92 Å². The van der Waals surface area contributed by atoms with Gasteiger partial charge in [-0.1, -0.05) is 26.3 Å². The predicted octanol–water partition coefficient (Wildman–Crippen LogP) is 2.99. The van der Waals surface area contributed by atoms with E-state index < -0.39 is 28.0 Å². The summed E-state index contributed by atoms with van der Waals surface area (Å²) >= 11 is 0. The van der Waals surface area contributed by atoms with Crippen molar-refractivity contribution in [3.63, 3.8) is 0 Å². The predicted molar refractivity (Wildman–Crippen MR) is 165 cm³/mol. The van der Waals surface area contributed by atoms with Crippen LogP contribution in [0.5, 0.6) is 17.2 Å². The molecule has 1 unspecified atom stereocenters. The van der Waals surface area contributed by atoms with Gasteiger partial charge >= 0.3 is 0 Å². The van der Waals surface area contributed by atoms with Gasteiger partial charge in [0.2, 0.25) is 23.0 Å². The lowest BCUT2D eigenvalue weighted by Crippen LogP contribution is -2.48. The molecule has 1 heterocycles. The molecule has 0 radical (unpaired) electrons. The minimum Gasteiger partial charge on any atom is -0.493 e. The van der Waals surface area contributed by atoms with Gasteiger partial charge in [0, 0.05) is 18.5 Å². The van der Waals surface area contributed by atoms with Crippen LogP contribution in [-0.4, -0.2) is 65.2 Å². The number of hydrogen-bond acceptors (Lipinski definition) is 9. The summed E-state index contributed by atoms with van der Waals surface area (Å²) in [5.74, 6) is 0.549. The molecule has 2 aromatic rings. The summed E-state index contributed by atoms with van der Waals surface area (Å²) in [5.41, 5.74) is 2.76. The van der Waals surface area contributed by atoms with Crippen LogP contribution in [0.3, 0.4) is 0 Å². The number of methoxy groups -OCH3 is 3. The summed E-state index contributed by atoms with van der Waals surface area (Å²) in [7, 11) is 1.43. The van der Waals surface area contributed by atoms with Crippen LogP contribution in [0.25, 0.3) is 11.1 Å². The highest BCUT2D eigenvalue weighted by atomic mass is 32.2. The molecule has 1 aliphatic heterocycles. The van der Waals surface area contributed by atoms with Gasteiger partial charge in [0.15, 0.2) is 21.3 Å². The summed E-state index contributed by atoms with van der Waals surface area (Å²) < 4.78 is 41.0. The fraction of sp³-hybridized carbons (Fsp3) is 0.516. The maximum absolute atomic E-state index is 13.8. The molecular formula is C31H41N3O8S. The minimum absolute atomic E-state index is 0.0429. The van der Waals surface area contributed by atoms with Crippen molar-refractivity contribution >= 4 is 27.3 Å². The molecule has 0 spiro atoms. The normalized spacial score (nSPS) is 20.0. The van der Waals surface area contributed by atoms with Crippen molar-refractivity contribution < 1.29 is 32.2 Å². The third-order valence-corrected chi connectivity index (χ3v) is 10.1. The molecule has 0 saturated carbocycles. The van der Waals surface area contributed by atoms with E-state index in [2.05, 4.69) is 16.0 Å². The molecule has 4 rings (SSSR count). The fourth-order valence-corrected chi connectivity index (χ4v) is 7.57. The van der Waals surface area contributed by atoms with Crippen LogP contribution in [0.1, 0.15) is 57.2 Å². The highest BCUT2D eigenvalue weighted by molar-refractivity contribution is 7.91. The first-order valence-electron chi connectivity index (χ1n) is 14.5. The van der Waals surface area contributed by atoms with Gasteiger partial charge in [-0.25, -0.2) is 8.42 Å². The van der Waals surface area contributed by atoms with Crippen LogP contribution in [-0.2, 0) is 25.8 Å². The largest absolute Gasteiger partial charge is 0.493 e. The standard InChI is InChI=1S/C31H41N3O8S/c1-7-17(2)28(31(37)33-20-12-13-43(38,39)16-20)34-24-11-9-21-22(15-25(24)36)23(32-18(3)35)10-8-19-14-26(40-4)29(41-5)30(42-6)27(19)21/h9,11,14-15,17,20,23,28H,7-8,10,12-13,16H2,1-6H3,(H,32,35)(H,33,37)(H,34,36)/t17-,20?,23+,28+/m1/s1. The van der Waals surface area contributed by atoms with Gasteiger partial charge in [-0.05, 0) is 60.1 Å². The Hall–Kier alpha value is -3.80. The quantitative estimate of drug-likeness (QED) is 0.367. The van der Waals surface area contributed by atoms with Gasteiger partial charge < -0.3 is 30.2 Å². The van der Waals surface area contributed by atoms with Crippen molar-refractivity contribution in [2.45, 2.75) is 64.6 Å². The second kappa shape index (κ2) is 13.2. The van der Waals surface area contributed by atoms with Crippen molar-refractivity contribution in [2.75, 3.05) is 38.2 Å². The second-order valence-electron chi connectivity index (χ2n) is 11.2. The summed E-state index contributed by atoms with van der Waals surface area (Å²) in [6, 6.07) is 5.11. The Labute approximate surface area is 252 Å². The van der Waals surface area contributed by atoms with E-state index in [0.717, 1.165) is 11.1 Å². The first kappa shape index (κ1) is 32.1. The molecule has 4 atom stereocenters. The molecule has 0 bridgehead atoms. The van der Waals surface area contributed by atoms with Crippen molar-refractivity contribution in [1.29, 1.82) is 0 Å². The second-order valence-corrected chi connectivity index (χ2v) is 13.4. The maximum Gasteiger partial charge on any atom is 0.243 e. The summed E-state index contributed by atoms with van der Waals surface area (Å²) in [4.78, 5) is 39.4. The number of rotatable bonds is 10. The lowest BCUT2D eigenvalue weighted by molar-refractivity contribution is -0.123. The Morgan fingerprint density at radius 3 is 2.33 bits per heavy atom. The molecule has 1 saturated heterocycles. The first-order valence-corrected chi connectivity index (χ1v) is 16.3. The number of carbonyl (C=O) groups is 2. The molecule has 0 aromatic heterocycles. The smallest absolute Gasteiger partial charge is 0.243 e. The molecule has 1 fully saturated rings. The van der Waals surface area contributed by atoms with Crippen molar-refractivity contribution in [3.05, 3.63) is 45.6 Å². The van der Waals surface area contributed by atoms with E-state index >= 15 is 0 Å². The lowest BCUT2D eigenvalue weighted by Gasteiger charge is -2.25. The minimum atomic E-state index is -3.18. The molecule has 2 aromatic carbocycles. The third-order valence-electron chi connectivity index (χ3n) is 8.30. The van der Waals surface area contributed by atoms with E-state index in [1.807, 2.05) is 19.9 Å². The van der Waals surface area contributed by atoms with Crippen LogP contribution in [0.15, 0.2) is 29.1 Å². The van der Waals surface area contributed by atoms with Gasteiger partial charge in [0.05, 0.1) is 44.6 Å². The molecule has 234 valence electrons. The average Bonchev–Trinajstić information content (AvgIpc) is 3.14. The first-order chi connectivity index (χ1) is 20.4. The number of aryl methyl sites for hydroxylation is 1. The molecule has 12 heteroatoms. The lowest BCUT2D eigenvalue weighted by atomic mass is 9.95. The van der Waals surface area contributed by atoms with Crippen LogP contribution in [0.2, 0.25) is 0 Å². The zero-order valence-corrected chi connectivity index (χ0v) is 26.4. The topological polar surface area (TPSA) is 149 Å². The maximum atomic E-state index is 13.8. The van der Waals surface area contributed by atoms with E-state index in [0.29, 0.717) is 54.1 Å². The van der Waals surface area contributed by atoms with E-state index in [1.165, 1.54) is 27.2 Å². The number of hydrogen-bond donors (Lipinski definition) is 3. The molecule has 2 aliphatic rings. The Morgan fingerprint density at radius 2 is 1.74 bits per heavy atom. The molecule has 43 heavy (non-hydrogen) atoms. The Bertz CT molecular complexity index is 1560. The number of carbonyl (C=O) groups excluding carboxylic acids is 2. The number of amides is 2. The highest BCUT2D eigenvalue weighted by Gasteiger charge is 2.33. The van der Waals surface area contributed by atoms with E-state index in [-0.39, 0.29) is 40.4 Å². The zero-order valence-electron chi connectivity index (χ0n) is 25.5. The van der Waals surface area contributed by atoms with Gasteiger partial charge in [-0.15, -0.1) is 0 Å². The summed E-state index contributed by atoms with van der Waals surface area (Å²) in [5, 5.41) is 9.02. The number of benzene rings is 1. The molecule has 1 aliphatic carbocycles. The monoisotopic (exact) mass is 615 g/mol. The van der Waals surface area contributed by atoms with Crippen LogP contribution in [0.4, 0.5) is 5.69 Å². The number of anilines is 1. The fourth-order valence-electron chi connectivity index (χ4n) is 5.90. The van der Waals surface area contributed by atoms with Crippen molar-refractivity contribution in [2.24, 2.45) is 5.92 Å². The molecule has 11 nitrogen and oxygen atoms in total. The SMILES string of the molecule is CC[C@@H](C)[C@H](Nc1ccc2c(cc1=O)[C@@H](NC(C)=O)CCc1cc(OC)c(OC)c(OC)c1-2)C(=O)NC1CCS(=O)(=O)C1. The Balaban J connectivity index is 1.83. The van der Waals surface area contributed by atoms with Gasteiger partial charge in [0.1, 0.15) is 6.04 Å². The van der Waals surface area contributed by atoms with Crippen LogP contribution < -0.4 is 35.6 Å². The van der Waals surface area contributed by atoms with E-state index in [1.54, 1.807) is 19.2 Å². The van der Waals surface area contributed by atoms with Gasteiger partial charge in [-0.2, -0.15) is 0 Å². The summed E-state index contributed by atoms with van der Waals surface area (Å²) in [6.45, 7) is 5.28. The number of nitrogens with one attached hydrogen (secondary N) is 3.